The van der Waals surface area contributed by atoms with E-state index in [1.54, 1.807) is 11.8 Å². The average Bonchev–Trinajstić information content (AvgIpc) is 3.22. The van der Waals surface area contributed by atoms with Crippen molar-refractivity contribution in [3.05, 3.63) is 11.3 Å². The molecule has 7 nitrogen and oxygen atoms in total. The third-order valence-corrected chi connectivity index (χ3v) is 5.11. The number of rotatable bonds is 3. The van der Waals surface area contributed by atoms with Crippen LogP contribution in [0.1, 0.15) is 44.9 Å². The van der Waals surface area contributed by atoms with E-state index in [0.29, 0.717) is 12.4 Å². The number of anilines is 1. The number of aromatic nitrogens is 2. The van der Waals surface area contributed by atoms with Gasteiger partial charge in [0.15, 0.2) is 0 Å². The lowest BCUT2D eigenvalue weighted by atomic mass is 10.1. The maximum absolute atomic E-state index is 12.3. The van der Waals surface area contributed by atoms with E-state index in [1.807, 2.05) is 25.5 Å². The minimum absolute atomic E-state index is 0.0162. The van der Waals surface area contributed by atoms with E-state index in [-0.39, 0.29) is 11.6 Å². The van der Waals surface area contributed by atoms with Crippen LogP contribution < -0.4 is 10.6 Å². The number of amides is 2. The highest BCUT2D eigenvalue weighted by molar-refractivity contribution is 7.98. The Kier molecular flexibility index (Phi) is 4.87. The molecular formula is C16H24N4O3S. The first kappa shape index (κ1) is 17.3. The van der Waals surface area contributed by atoms with Crippen molar-refractivity contribution in [3.63, 3.8) is 0 Å². The summed E-state index contributed by atoms with van der Waals surface area (Å²) in [6.45, 7) is 7.17. The number of ether oxygens (including phenoxy) is 1. The van der Waals surface area contributed by atoms with E-state index in [4.69, 9.17) is 4.74 Å². The van der Waals surface area contributed by atoms with Gasteiger partial charge >= 0.3 is 11.8 Å². The zero-order valence-electron chi connectivity index (χ0n) is 14.3. The summed E-state index contributed by atoms with van der Waals surface area (Å²) < 4.78 is 7.26. The van der Waals surface area contributed by atoms with E-state index >= 15 is 0 Å². The lowest BCUT2D eigenvalue weighted by Gasteiger charge is -2.23. The molecule has 2 aliphatic heterocycles. The molecule has 0 unspecified atom stereocenters. The maximum Gasteiger partial charge on any atom is 0.314 e. The Labute approximate surface area is 145 Å². The molecule has 1 atom stereocenters. The van der Waals surface area contributed by atoms with Crippen molar-refractivity contribution in [2.24, 2.45) is 0 Å². The van der Waals surface area contributed by atoms with Crippen molar-refractivity contribution >= 4 is 29.4 Å². The molecule has 24 heavy (non-hydrogen) atoms. The van der Waals surface area contributed by atoms with Crippen LogP contribution in [0.25, 0.3) is 0 Å². The molecule has 3 heterocycles. The molecule has 0 aromatic carbocycles. The van der Waals surface area contributed by atoms with Crippen LogP contribution >= 0.6 is 11.8 Å². The number of thioether (sulfide) groups is 1. The predicted molar refractivity (Wildman–Crippen MR) is 92.8 cm³/mol. The molecule has 0 radical (unpaired) electrons. The molecule has 2 amide bonds. The third-order valence-electron chi connectivity index (χ3n) is 4.14. The Balaban J connectivity index is 1.68. The smallest absolute Gasteiger partial charge is 0.314 e. The van der Waals surface area contributed by atoms with Gasteiger partial charge in [-0.15, -0.1) is 0 Å². The number of hydrogen-bond donors (Lipinski definition) is 2. The number of fused-ring (bicyclic) bond motifs is 1. The summed E-state index contributed by atoms with van der Waals surface area (Å²) in [7, 11) is 0. The molecule has 8 heteroatoms. The van der Waals surface area contributed by atoms with Crippen LogP contribution in [0.15, 0.2) is 0 Å². The van der Waals surface area contributed by atoms with E-state index in [0.717, 1.165) is 42.2 Å². The largest absolute Gasteiger partial charge is 0.376 e. The molecule has 0 saturated carbocycles. The first-order valence-corrected chi connectivity index (χ1v) is 9.41. The summed E-state index contributed by atoms with van der Waals surface area (Å²) >= 11 is 1.76. The molecule has 1 fully saturated rings. The van der Waals surface area contributed by atoms with Gasteiger partial charge in [-0.05, 0) is 33.6 Å². The average molecular weight is 352 g/mol. The Hall–Kier alpha value is -1.54. The molecule has 2 N–H and O–H groups in total. The molecule has 0 aliphatic carbocycles. The first-order valence-electron chi connectivity index (χ1n) is 8.26. The van der Waals surface area contributed by atoms with Crippen LogP contribution in [-0.2, 0) is 31.4 Å². The summed E-state index contributed by atoms with van der Waals surface area (Å²) in [6, 6.07) is 0. The van der Waals surface area contributed by atoms with E-state index in [9.17, 15) is 9.59 Å². The Morgan fingerprint density at radius 1 is 1.33 bits per heavy atom. The number of carbonyl (C=O) groups excluding carboxylic acids is 2. The summed E-state index contributed by atoms with van der Waals surface area (Å²) in [5, 5.41) is 10.0. The number of nitrogens with zero attached hydrogens (tertiary/aromatic N) is 2. The molecule has 1 aromatic heterocycles. The van der Waals surface area contributed by atoms with Crippen LogP contribution in [0.2, 0.25) is 0 Å². The fraction of sp³-hybridized carbons (Fsp3) is 0.688. The lowest BCUT2D eigenvalue weighted by Crippen LogP contribution is -2.40. The zero-order chi connectivity index (χ0) is 17.3. The van der Waals surface area contributed by atoms with E-state index < -0.39 is 11.8 Å². The topological polar surface area (TPSA) is 85.2 Å². The van der Waals surface area contributed by atoms with Gasteiger partial charge in [-0.2, -0.15) is 16.9 Å². The van der Waals surface area contributed by atoms with E-state index in [2.05, 4.69) is 15.7 Å². The minimum Gasteiger partial charge on any atom is -0.376 e. The Morgan fingerprint density at radius 3 is 2.79 bits per heavy atom. The van der Waals surface area contributed by atoms with Gasteiger partial charge in [0.25, 0.3) is 0 Å². The summed E-state index contributed by atoms with van der Waals surface area (Å²) in [5.41, 5.74) is 1.74. The molecule has 132 valence electrons. The number of nitrogens with one attached hydrogen (secondary N) is 2. The fourth-order valence-electron chi connectivity index (χ4n) is 2.88. The number of carbonyl (C=O) groups is 2. The second-order valence-electron chi connectivity index (χ2n) is 7.15. The second-order valence-corrected chi connectivity index (χ2v) is 8.13. The quantitative estimate of drug-likeness (QED) is 0.808. The highest BCUT2D eigenvalue weighted by atomic mass is 32.2. The van der Waals surface area contributed by atoms with Gasteiger partial charge in [0.2, 0.25) is 0 Å². The van der Waals surface area contributed by atoms with Crippen molar-refractivity contribution in [2.45, 2.75) is 56.8 Å². The van der Waals surface area contributed by atoms with Crippen LogP contribution in [0, 0.1) is 0 Å². The van der Waals surface area contributed by atoms with Crippen molar-refractivity contribution in [1.29, 1.82) is 0 Å². The van der Waals surface area contributed by atoms with Crippen molar-refractivity contribution in [2.75, 3.05) is 18.5 Å². The molecule has 2 aliphatic rings. The van der Waals surface area contributed by atoms with Crippen molar-refractivity contribution in [1.82, 2.24) is 15.1 Å². The highest BCUT2D eigenvalue weighted by Crippen LogP contribution is 2.37. The van der Waals surface area contributed by atoms with Crippen molar-refractivity contribution < 1.29 is 14.3 Å². The summed E-state index contributed by atoms with van der Waals surface area (Å²) in [4.78, 5) is 24.4. The van der Waals surface area contributed by atoms with Crippen LogP contribution in [-0.4, -0.2) is 40.9 Å². The van der Waals surface area contributed by atoms with Gasteiger partial charge in [-0.25, -0.2) is 4.68 Å². The lowest BCUT2D eigenvalue weighted by molar-refractivity contribution is -0.136. The SMILES string of the molecule is CC(C)(C)n1nc2c(c1NC(=O)C(=O)NC[C@H]1CCCO1)CSC2. The van der Waals surface area contributed by atoms with Gasteiger partial charge in [0, 0.05) is 30.2 Å². The third kappa shape index (κ3) is 3.59. The van der Waals surface area contributed by atoms with Gasteiger partial charge in [0.05, 0.1) is 17.3 Å². The molecule has 3 rings (SSSR count). The molecule has 1 saturated heterocycles. The summed E-state index contributed by atoms with van der Waals surface area (Å²) in [6.07, 6.45) is 1.94. The Bertz CT molecular complexity index is 644. The van der Waals surface area contributed by atoms with Crippen molar-refractivity contribution in [3.8, 4) is 0 Å². The van der Waals surface area contributed by atoms with Crippen LogP contribution in [0.4, 0.5) is 5.82 Å². The van der Waals surface area contributed by atoms with Gasteiger partial charge in [-0.3, -0.25) is 9.59 Å². The van der Waals surface area contributed by atoms with Crippen LogP contribution in [0.3, 0.4) is 0 Å². The minimum atomic E-state index is -0.655. The number of hydrogen-bond acceptors (Lipinski definition) is 5. The zero-order valence-corrected chi connectivity index (χ0v) is 15.2. The van der Waals surface area contributed by atoms with E-state index in [1.165, 1.54) is 0 Å². The Morgan fingerprint density at radius 2 is 2.12 bits per heavy atom. The fourth-order valence-corrected chi connectivity index (χ4v) is 3.92. The maximum atomic E-state index is 12.3. The van der Waals surface area contributed by atoms with Gasteiger partial charge in [-0.1, -0.05) is 0 Å². The summed E-state index contributed by atoms with van der Waals surface area (Å²) in [5.74, 6) is 0.995. The normalized spacial score (nSPS) is 20.0. The predicted octanol–water partition coefficient (Wildman–Crippen LogP) is 1.62. The second kappa shape index (κ2) is 6.76. The first-order chi connectivity index (χ1) is 11.4. The monoisotopic (exact) mass is 352 g/mol. The highest BCUT2D eigenvalue weighted by Gasteiger charge is 2.30. The molecule has 1 aromatic rings. The molecule has 0 bridgehead atoms. The van der Waals surface area contributed by atoms with Gasteiger partial charge in [0.1, 0.15) is 5.82 Å². The van der Waals surface area contributed by atoms with Gasteiger partial charge < -0.3 is 15.4 Å². The van der Waals surface area contributed by atoms with Crippen LogP contribution in [0.5, 0.6) is 0 Å². The standard InChI is InChI=1S/C16H24N4O3S/c1-16(2,3)20-13(11-8-24-9-12(11)19-20)18-15(22)14(21)17-7-10-5-4-6-23-10/h10H,4-9H2,1-3H3,(H,17,21)(H,18,22)/t10-/m1/s1. The molecule has 0 spiro atoms. The molecular weight excluding hydrogens is 328 g/mol.